The quantitative estimate of drug-likeness (QED) is 0.636. The van der Waals surface area contributed by atoms with Crippen molar-refractivity contribution in [3.8, 4) is 0 Å². The molecule has 0 heterocycles. The second kappa shape index (κ2) is 2.62. The van der Waals surface area contributed by atoms with Crippen LogP contribution in [-0.2, 0) is 4.79 Å². The predicted molar refractivity (Wildman–Crippen MR) is 49.8 cm³/mol. The Morgan fingerprint density at radius 2 is 1.83 bits per heavy atom. The van der Waals surface area contributed by atoms with Crippen molar-refractivity contribution in [1.82, 2.24) is 0 Å². The summed E-state index contributed by atoms with van der Waals surface area (Å²) in [7, 11) is 0. The van der Waals surface area contributed by atoms with E-state index >= 15 is 0 Å². The number of carbonyl (C=O) groups is 1. The molecule has 0 unspecified atom stereocenters. The van der Waals surface area contributed by atoms with Crippen molar-refractivity contribution in [3.05, 3.63) is 0 Å². The van der Waals surface area contributed by atoms with Gasteiger partial charge in [0, 0.05) is 29.0 Å². The summed E-state index contributed by atoms with van der Waals surface area (Å²) < 4.78 is 0. The first-order chi connectivity index (χ1) is 5.71. The summed E-state index contributed by atoms with van der Waals surface area (Å²) in [5.74, 6) is 1.49. The van der Waals surface area contributed by atoms with Crippen LogP contribution in [0.4, 0.5) is 0 Å². The summed E-state index contributed by atoms with van der Waals surface area (Å²) >= 11 is 11.8. The molecule has 0 bridgehead atoms. The minimum atomic E-state index is -0.0868. The molecule has 1 nitrogen and oxygen atoms in total. The molecule has 0 aromatic rings. The lowest BCUT2D eigenvalue weighted by molar-refractivity contribution is -0.168. The van der Waals surface area contributed by atoms with E-state index < -0.39 is 0 Å². The van der Waals surface area contributed by atoms with Crippen LogP contribution >= 0.6 is 23.2 Å². The number of halogens is 2. The normalized spacial score (nSPS) is 29.7. The number of ketones is 1. The number of Topliss-reactive ketones (excluding diaryl/α,β-unsaturated/α-hetero) is 1. The highest BCUT2D eigenvalue weighted by atomic mass is 35.5. The third-order valence-electron chi connectivity index (χ3n) is 3.77. The zero-order valence-corrected chi connectivity index (χ0v) is 8.42. The number of rotatable bonds is 2. The molecular formula is C9H12Cl2O. The predicted octanol–water partition coefficient (Wildman–Crippen LogP) is 2.59. The lowest BCUT2D eigenvalue weighted by atomic mass is 9.42. The van der Waals surface area contributed by atoms with Crippen LogP contribution in [-0.4, -0.2) is 17.5 Å². The Morgan fingerprint density at radius 3 is 2.00 bits per heavy atom. The molecule has 2 aliphatic carbocycles. The number of hydrogen-bond acceptors (Lipinski definition) is 1. The molecule has 0 aromatic carbocycles. The van der Waals surface area contributed by atoms with Crippen molar-refractivity contribution in [2.24, 2.45) is 10.8 Å². The van der Waals surface area contributed by atoms with Crippen LogP contribution in [0.2, 0.25) is 0 Å². The van der Waals surface area contributed by atoms with E-state index in [-0.39, 0.29) is 10.8 Å². The summed E-state index contributed by atoms with van der Waals surface area (Å²) in [5.41, 5.74) is -0.137. The third kappa shape index (κ3) is 0.748. The molecule has 2 rings (SSSR count). The van der Waals surface area contributed by atoms with E-state index in [1.165, 1.54) is 6.42 Å². The first-order valence-corrected chi connectivity index (χ1v) is 5.43. The molecule has 0 saturated heterocycles. The summed E-state index contributed by atoms with van der Waals surface area (Å²) in [6, 6.07) is 0. The van der Waals surface area contributed by atoms with Gasteiger partial charge in [0.05, 0.1) is 0 Å². The van der Waals surface area contributed by atoms with Crippen LogP contribution in [0.3, 0.4) is 0 Å². The molecule has 0 aliphatic heterocycles. The highest BCUT2D eigenvalue weighted by Gasteiger charge is 2.66. The molecule has 0 N–H and O–H groups in total. The van der Waals surface area contributed by atoms with Crippen LogP contribution in [0.5, 0.6) is 0 Å². The monoisotopic (exact) mass is 206 g/mol. The average Bonchev–Trinajstić information content (AvgIpc) is 1.96. The van der Waals surface area contributed by atoms with Crippen LogP contribution in [0.1, 0.15) is 25.7 Å². The minimum absolute atomic E-state index is 0.0502. The zero-order valence-electron chi connectivity index (χ0n) is 6.91. The molecule has 2 aliphatic rings. The Kier molecular flexibility index (Phi) is 1.93. The van der Waals surface area contributed by atoms with E-state index in [2.05, 4.69) is 0 Å². The van der Waals surface area contributed by atoms with E-state index in [0.717, 1.165) is 12.8 Å². The highest BCUT2D eigenvalue weighted by molar-refractivity contribution is 6.23. The standard InChI is InChI=1S/C9H12Cl2O/c10-5-8(6-11)4-7(12)9(8)2-1-3-9/h1-6H2. The maximum absolute atomic E-state index is 11.5. The van der Waals surface area contributed by atoms with Crippen molar-refractivity contribution in [2.75, 3.05) is 11.8 Å². The molecular weight excluding hydrogens is 195 g/mol. The molecule has 12 heavy (non-hydrogen) atoms. The molecule has 0 atom stereocenters. The van der Waals surface area contributed by atoms with Gasteiger partial charge in [-0.05, 0) is 12.8 Å². The molecule has 2 fully saturated rings. The summed E-state index contributed by atoms with van der Waals surface area (Å²) in [5, 5.41) is 0. The van der Waals surface area contributed by atoms with Gasteiger partial charge in [-0.3, -0.25) is 4.79 Å². The lowest BCUT2D eigenvalue weighted by Crippen LogP contribution is -2.64. The van der Waals surface area contributed by atoms with Gasteiger partial charge in [-0.15, -0.1) is 23.2 Å². The molecule has 1 spiro atoms. The summed E-state index contributed by atoms with van der Waals surface area (Å²) in [6.45, 7) is 0. The Hall–Kier alpha value is 0.250. The third-order valence-corrected chi connectivity index (χ3v) is 4.79. The molecule has 2 saturated carbocycles. The molecule has 3 heteroatoms. The highest BCUT2D eigenvalue weighted by Crippen LogP contribution is 2.65. The van der Waals surface area contributed by atoms with Crippen molar-refractivity contribution in [3.63, 3.8) is 0 Å². The van der Waals surface area contributed by atoms with Gasteiger partial charge in [-0.25, -0.2) is 0 Å². The second-order valence-corrected chi connectivity index (χ2v) is 4.62. The van der Waals surface area contributed by atoms with Gasteiger partial charge in [0.25, 0.3) is 0 Å². The van der Waals surface area contributed by atoms with Gasteiger partial charge < -0.3 is 0 Å². The first kappa shape index (κ1) is 8.83. The first-order valence-electron chi connectivity index (χ1n) is 4.36. The van der Waals surface area contributed by atoms with Gasteiger partial charge in [0.2, 0.25) is 0 Å². The van der Waals surface area contributed by atoms with E-state index in [4.69, 9.17) is 23.2 Å². The maximum atomic E-state index is 11.5. The van der Waals surface area contributed by atoms with Crippen molar-refractivity contribution >= 4 is 29.0 Å². The van der Waals surface area contributed by atoms with E-state index in [1.807, 2.05) is 0 Å². The number of alkyl halides is 2. The lowest BCUT2D eigenvalue weighted by Gasteiger charge is -2.61. The van der Waals surface area contributed by atoms with Crippen LogP contribution in [0.25, 0.3) is 0 Å². The van der Waals surface area contributed by atoms with Gasteiger partial charge in [0.15, 0.2) is 0 Å². The second-order valence-electron chi connectivity index (χ2n) is 4.08. The minimum Gasteiger partial charge on any atom is -0.299 e. The summed E-state index contributed by atoms with van der Waals surface area (Å²) in [4.78, 5) is 11.5. The SMILES string of the molecule is O=C1CC(CCl)(CCl)C12CCC2. The Balaban J connectivity index is 2.23. The van der Waals surface area contributed by atoms with Gasteiger partial charge in [-0.1, -0.05) is 6.42 Å². The average molecular weight is 207 g/mol. The smallest absolute Gasteiger partial charge is 0.140 e. The largest absolute Gasteiger partial charge is 0.299 e. The van der Waals surface area contributed by atoms with E-state index in [0.29, 0.717) is 24.0 Å². The van der Waals surface area contributed by atoms with Gasteiger partial charge in [0.1, 0.15) is 5.78 Å². The fraction of sp³-hybridized carbons (Fsp3) is 0.889. The fourth-order valence-electron chi connectivity index (χ4n) is 2.56. The molecule has 0 amide bonds. The van der Waals surface area contributed by atoms with Gasteiger partial charge in [-0.2, -0.15) is 0 Å². The zero-order chi connectivity index (χ0) is 8.82. The fourth-order valence-corrected chi connectivity index (χ4v) is 3.55. The van der Waals surface area contributed by atoms with Gasteiger partial charge >= 0.3 is 0 Å². The topological polar surface area (TPSA) is 17.1 Å². The van der Waals surface area contributed by atoms with E-state index in [1.54, 1.807) is 0 Å². The molecule has 0 aromatic heterocycles. The van der Waals surface area contributed by atoms with Crippen molar-refractivity contribution in [2.45, 2.75) is 25.7 Å². The Morgan fingerprint density at radius 1 is 1.25 bits per heavy atom. The van der Waals surface area contributed by atoms with E-state index in [9.17, 15) is 4.79 Å². The van der Waals surface area contributed by atoms with Crippen LogP contribution in [0, 0.1) is 10.8 Å². The maximum Gasteiger partial charge on any atom is 0.140 e. The summed E-state index contributed by atoms with van der Waals surface area (Å²) in [6.07, 6.45) is 3.82. The van der Waals surface area contributed by atoms with Crippen molar-refractivity contribution in [1.29, 1.82) is 0 Å². The number of hydrogen-bond donors (Lipinski definition) is 0. The van der Waals surface area contributed by atoms with Crippen LogP contribution in [0.15, 0.2) is 0 Å². The Bertz CT molecular complexity index is 217. The molecule has 68 valence electrons. The van der Waals surface area contributed by atoms with Crippen LogP contribution < -0.4 is 0 Å². The van der Waals surface area contributed by atoms with Crippen molar-refractivity contribution < 1.29 is 4.79 Å². The Labute approximate surface area is 82.4 Å². The molecule has 0 radical (unpaired) electrons. The number of carbonyl (C=O) groups excluding carboxylic acids is 1.